The first-order valence-electron chi connectivity index (χ1n) is 5.90. The second kappa shape index (κ2) is 6.02. The minimum absolute atomic E-state index is 0.0522. The molecule has 1 atom stereocenters. The maximum Gasteiger partial charge on any atom is 0.0736 e. The molecule has 1 heterocycles. The molecule has 94 valence electrons. The molecule has 0 saturated heterocycles. The molecule has 0 radical (unpaired) electrons. The lowest BCUT2D eigenvalue weighted by Gasteiger charge is -2.18. The molecule has 0 bridgehead atoms. The SMILES string of the molecule is Nc1cnccc1NC(CO)Cc1ccccc1. The van der Waals surface area contributed by atoms with Crippen molar-refractivity contribution in [1.82, 2.24) is 4.98 Å². The number of benzene rings is 1. The van der Waals surface area contributed by atoms with E-state index in [1.54, 1.807) is 12.4 Å². The van der Waals surface area contributed by atoms with Gasteiger partial charge < -0.3 is 16.2 Å². The van der Waals surface area contributed by atoms with Crippen LogP contribution in [0.5, 0.6) is 0 Å². The van der Waals surface area contributed by atoms with Crippen LogP contribution in [0.1, 0.15) is 5.56 Å². The molecule has 4 heteroatoms. The number of nitrogens with two attached hydrogens (primary N) is 1. The Morgan fingerprint density at radius 2 is 2.00 bits per heavy atom. The maximum atomic E-state index is 9.42. The normalized spacial score (nSPS) is 12.1. The van der Waals surface area contributed by atoms with E-state index in [-0.39, 0.29) is 12.6 Å². The second-order valence-corrected chi connectivity index (χ2v) is 4.18. The third kappa shape index (κ3) is 3.21. The van der Waals surface area contributed by atoms with Crippen LogP contribution in [0.3, 0.4) is 0 Å². The first-order valence-corrected chi connectivity index (χ1v) is 5.90. The fraction of sp³-hybridized carbons (Fsp3) is 0.214. The standard InChI is InChI=1S/C14H17N3O/c15-13-9-16-7-6-14(13)17-12(10-18)8-11-4-2-1-3-5-11/h1-7,9,12,18H,8,10,15H2,(H,16,17). The lowest BCUT2D eigenvalue weighted by Crippen LogP contribution is -2.26. The third-order valence-electron chi connectivity index (χ3n) is 2.76. The Morgan fingerprint density at radius 3 is 2.67 bits per heavy atom. The van der Waals surface area contributed by atoms with Crippen LogP contribution in [-0.2, 0) is 6.42 Å². The Kier molecular flexibility index (Phi) is 4.15. The molecular formula is C14H17N3O. The molecule has 4 nitrogen and oxygen atoms in total. The Labute approximate surface area is 106 Å². The van der Waals surface area contributed by atoms with Crippen molar-refractivity contribution < 1.29 is 5.11 Å². The first-order chi connectivity index (χ1) is 8.79. The van der Waals surface area contributed by atoms with E-state index < -0.39 is 0 Å². The van der Waals surface area contributed by atoms with Crippen LogP contribution in [0, 0.1) is 0 Å². The zero-order chi connectivity index (χ0) is 12.8. The van der Waals surface area contributed by atoms with Gasteiger partial charge in [-0.3, -0.25) is 4.98 Å². The highest BCUT2D eigenvalue weighted by Gasteiger charge is 2.09. The monoisotopic (exact) mass is 243 g/mol. The summed E-state index contributed by atoms with van der Waals surface area (Å²) < 4.78 is 0. The van der Waals surface area contributed by atoms with Crippen molar-refractivity contribution in [2.45, 2.75) is 12.5 Å². The summed E-state index contributed by atoms with van der Waals surface area (Å²) in [5, 5.41) is 12.7. The van der Waals surface area contributed by atoms with Crippen LogP contribution < -0.4 is 11.1 Å². The van der Waals surface area contributed by atoms with Crippen molar-refractivity contribution in [2.75, 3.05) is 17.7 Å². The maximum absolute atomic E-state index is 9.42. The van der Waals surface area contributed by atoms with Gasteiger partial charge in [-0.2, -0.15) is 0 Å². The third-order valence-corrected chi connectivity index (χ3v) is 2.76. The van der Waals surface area contributed by atoms with Gasteiger partial charge in [0.2, 0.25) is 0 Å². The predicted molar refractivity (Wildman–Crippen MR) is 73.3 cm³/mol. The van der Waals surface area contributed by atoms with Gasteiger partial charge in [-0.15, -0.1) is 0 Å². The number of hydrogen-bond donors (Lipinski definition) is 3. The predicted octanol–water partition coefficient (Wildman–Crippen LogP) is 1.68. The van der Waals surface area contributed by atoms with Gasteiger partial charge >= 0.3 is 0 Å². The van der Waals surface area contributed by atoms with E-state index in [0.29, 0.717) is 5.69 Å². The average Bonchev–Trinajstić information content (AvgIpc) is 2.41. The van der Waals surface area contributed by atoms with E-state index in [4.69, 9.17) is 5.73 Å². The van der Waals surface area contributed by atoms with E-state index in [9.17, 15) is 5.11 Å². The van der Waals surface area contributed by atoms with Gasteiger partial charge in [-0.1, -0.05) is 30.3 Å². The van der Waals surface area contributed by atoms with Gasteiger partial charge in [0.15, 0.2) is 0 Å². The summed E-state index contributed by atoms with van der Waals surface area (Å²) in [6, 6.07) is 11.8. The summed E-state index contributed by atoms with van der Waals surface area (Å²) in [6.07, 6.45) is 4.02. The molecule has 0 aliphatic carbocycles. The summed E-state index contributed by atoms with van der Waals surface area (Å²) in [7, 11) is 0. The second-order valence-electron chi connectivity index (χ2n) is 4.18. The van der Waals surface area contributed by atoms with Crippen molar-refractivity contribution in [1.29, 1.82) is 0 Å². The number of aliphatic hydroxyl groups is 1. The van der Waals surface area contributed by atoms with Gasteiger partial charge in [0.25, 0.3) is 0 Å². The molecule has 0 amide bonds. The molecule has 0 aliphatic heterocycles. The summed E-state index contributed by atoms with van der Waals surface area (Å²) in [5.74, 6) is 0. The number of nitrogens with one attached hydrogen (secondary N) is 1. The highest BCUT2D eigenvalue weighted by atomic mass is 16.3. The molecule has 2 rings (SSSR count). The number of aliphatic hydroxyl groups excluding tert-OH is 1. The van der Waals surface area contributed by atoms with Gasteiger partial charge in [0.05, 0.1) is 30.2 Å². The van der Waals surface area contributed by atoms with Crippen LogP contribution in [0.15, 0.2) is 48.8 Å². The zero-order valence-corrected chi connectivity index (χ0v) is 10.1. The topological polar surface area (TPSA) is 71.2 Å². The van der Waals surface area contributed by atoms with Crippen LogP contribution in [0.4, 0.5) is 11.4 Å². The van der Waals surface area contributed by atoms with Crippen molar-refractivity contribution in [3.05, 3.63) is 54.4 Å². The summed E-state index contributed by atoms with van der Waals surface area (Å²) in [6.45, 7) is 0.0522. The van der Waals surface area contributed by atoms with E-state index in [1.165, 1.54) is 5.56 Å². The van der Waals surface area contributed by atoms with E-state index in [1.807, 2.05) is 36.4 Å². The molecular weight excluding hydrogens is 226 g/mol. The number of hydrogen-bond acceptors (Lipinski definition) is 4. The Bertz CT molecular complexity index is 487. The number of nitrogen functional groups attached to an aromatic ring is 1. The number of pyridine rings is 1. The number of rotatable bonds is 5. The Morgan fingerprint density at radius 1 is 1.22 bits per heavy atom. The number of anilines is 2. The number of aromatic nitrogens is 1. The van der Waals surface area contributed by atoms with E-state index in [2.05, 4.69) is 10.3 Å². The molecule has 2 aromatic rings. The van der Waals surface area contributed by atoms with Gasteiger partial charge in [0.1, 0.15) is 0 Å². The average molecular weight is 243 g/mol. The summed E-state index contributed by atoms with van der Waals surface area (Å²) in [5.41, 5.74) is 8.38. The Balaban J connectivity index is 2.04. The largest absolute Gasteiger partial charge is 0.396 e. The van der Waals surface area contributed by atoms with Crippen molar-refractivity contribution in [2.24, 2.45) is 0 Å². The first kappa shape index (κ1) is 12.4. The molecule has 0 spiro atoms. The highest BCUT2D eigenvalue weighted by molar-refractivity contribution is 5.64. The van der Waals surface area contributed by atoms with Gasteiger partial charge in [-0.25, -0.2) is 0 Å². The van der Waals surface area contributed by atoms with Gasteiger partial charge in [-0.05, 0) is 18.1 Å². The zero-order valence-electron chi connectivity index (χ0n) is 10.1. The fourth-order valence-corrected chi connectivity index (χ4v) is 1.82. The molecule has 1 unspecified atom stereocenters. The van der Waals surface area contributed by atoms with Gasteiger partial charge in [0, 0.05) is 6.20 Å². The molecule has 0 aliphatic rings. The smallest absolute Gasteiger partial charge is 0.0736 e. The fourth-order valence-electron chi connectivity index (χ4n) is 1.82. The Hall–Kier alpha value is -2.07. The quantitative estimate of drug-likeness (QED) is 0.747. The van der Waals surface area contributed by atoms with E-state index >= 15 is 0 Å². The minimum Gasteiger partial charge on any atom is -0.396 e. The highest BCUT2D eigenvalue weighted by Crippen LogP contribution is 2.17. The summed E-state index contributed by atoms with van der Waals surface area (Å²) in [4.78, 5) is 3.93. The van der Waals surface area contributed by atoms with Crippen LogP contribution >= 0.6 is 0 Å². The molecule has 4 N–H and O–H groups in total. The van der Waals surface area contributed by atoms with E-state index in [0.717, 1.165) is 12.1 Å². The lowest BCUT2D eigenvalue weighted by molar-refractivity contribution is 0.274. The molecule has 0 saturated carbocycles. The van der Waals surface area contributed by atoms with Crippen molar-refractivity contribution >= 4 is 11.4 Å². The molecule has 0 fully saturated rings. The molecule has 1 aromatic carbocycles. The molecule has 18 heavy (non-hydrogen) atoms. The number of nitrogens with zero attached hydrogens (tertiary/aromatic N) is 1. The summed E-state index contributed by atoms with van der Waals surface area (Å²) >= 11 is 0. The van der Waals surface area contributed by atoms with Crippen LogP contribution in [0.25, 0.3) is 0 Å². The lowest BCUT2D eigenvalue weighted by atomic mass is 10.1. The molecule has 1 aromatic heterocycles. The van der Waals surface area contributed by atoms with Crippen molar-refractivity contribution in [3.8, 4) is 0 Å². The van der Waals surface area contributed by atoms with Crippen LogP contribution in [-0.4, -0.2) is 22.7 Å². The van der Waals surface area contributed by atoms with Crippen LogP contribution in [0.2, 0.25) is 0 Å². The van der Waals surface area contributed by atoms with Crippen molar-refractivity contribution in [3.63, 3.8) is 0 Å². The minimum atomic E-state index is -0.0582.